The number of halogens is 1. The van der Waals surface area contributed by atoms with Gasteiger partial charge in [0.15, 0.2) is 0 Å². The molecule has 104 valence electrons. The summed E-state index contributed by atoms with van der Waals surface area (Å²) in [5.74, 6) is -0.484. The van der Waals surface area contributed by atoms with E-state index < -0.39 is 11.9 Å². The monoisotopic (exact) mass is 286 g/mol. The van der Waals surface area contributed by atoms with E-state index in [-0.39, 0.29) is 24.5 Å². The van der Waals surface area contributed by atoms with Crippen LogP contribution in [-0.2, 0) is 14.3 Å². The Morgan fingerprint density at radius 3 is 2.58 bits per heavy atom. The molecule has 1 aromatic carbocycles. The number of hydrogen-bond donors (Lipinski definition) is 0. The van der Waals surface area contributed by atoms with Crippen molar-refractivity contribution in [1.82, 2.24) is 0 Å². The summed E-state index contributed by atoms with van der Waals surface area (Å²) < 4.78 is 15.0. The average Bonchev–Trinajstić information content (AvgIpc) is 2.38. The molecule has 0 aromatic heterocycles. The van der Waals surface area contributed by atoms with Crippen molar-refractivity contribution in [3.05, 3.63) is 29.8 Å². The molecular weight excluding hydrogens is 272 g/mol. The number of alkyl halides is 1. The van der Waals surface area contributed by atoms with Crippen molar-refractivity contribution >= 4 is 23.5 Å². The van der Waals surface area contributed by atoms with E-state index in [1.165, 1.54) is 19.1 Å². The fourth-order valence-electron chi connectivity index (χ4n) is 1.31. The van der Waals surface area contributed by atoms with Gasteiger partial charge >= 0.3 is 11.9 Å². The van der Waals surface area contributed by atoms with Crippen LogP contribution < -0.4 is 4.74 Å². The highest BCUT2D eigenvalue weighted by molar-refractivity contribution is 6.17. The van der Waals surface area contributed by atoms with E-state index in [9.17, 15) is 9.59 Å². The van der Waals surface area contributed by atoms with Crippen molar-refractivity contribution in [1.29, 1.82) is 0 Å². The van der Waals surface area contributed by atoms with Gasteiger partial charge in [-0.25, -0.2) is 4.79 Å². The third kappa shape index (κ3) is 5.72. The summed E-state index contributed by atoms with van der Waals surface area (Å²) in [6.45, 7) is 2.06. The molecule has 0 heterocycles. The van der Waals surface area contributed by atoms with Crippen LogP contribution >= 0.6 is 11.6 Å². The number of carbonyl (C=O) groups is 2. The Hall–Kier alpha value is -1.59. The van der Waals surface area contributed by atoms with Gasteiger partial charge < -0.3 is 14.2 Å². The summed E-state index contributed by atoms with van der Waals surface area (Å²) in [7, 11) is 0. The smallest absolute Gasteiger partial charge is 0.342 e. The van der Waals surface area contributed by atoms with Crippen LogP contribution in [0.5, 0.6) is 5.75 Å². The molecule has 1 rings (SSSR count). The summed E-state index contributed by atoms with van der Waals surface area (Å²) in [4.78, 5) is 22.7. The van der Waals surface area contributed by atoms with Crippen molar-refractivity contribution in [2.75, 3.05) is 25.7 Å². The lowest BCUT2D eigenvalue weighted by atomic mass is 10.2. The molecule has 6 heteroatoms. The van der Waals surface area contributed by atoms with E-state index in [1.807, 2.05) is 0 Å². The second-order valence-electron chi connectivity index (χ2n) is 3.53. The lowest BCUT2D eigenvalue weighted by molar-refractivity contribution is -0.131. The first-order valence-electron chi connectivity index (χ1n) is 5.73. The van der Waals surface area contributed by atoms with E-state index in [0.29, 0.717) is 12.5 Å². The molecule has 0 saturated heterocycles. The highest BCUT2D eigenvalue weighted by Gasteiger charge is 2.14. The van der Waals surface area contributed by atoms with Crippen LogP contribution in [0.4, 0.5) is 0 Å². The van der Waals surface area contributed by atoms with Gasteiger partial charge in [-0.15, -0.1) is 11.6 Å². The predicted octanol–water partition coefficient (Wildman–Crippen LogP) is 2.02. The van der Waals surface area contributed by atoms with E-state index in [2.05, 4.69) is 0 Å². The maximum Gasteiger partial charge on any atom is 0.342 e. The molecule has 0 fully saturated rings. The fraction of sp³-hybridized carbons (Fsp3) is 0.385. The SMILES string of the molecule is CC(=O)Oc1ccccc1C(=O)OCCOCCCl. The van der Waals surface area contributed by atoms with Gasteiger partial charge in [0.05, 0.1) is 13.2 Å². The van der Waals surface area contributed by atoms with Crippen molar-refractivity contribution < 1.29 is 23.8 Å². The third-order valence-electron chi connectivity index (χ3n) is 2.04. The van der Waals surface area contributed by atoms with Gasteiger partial charge in [-0.3, -0.25) is 4.79 Å². The molecule has 0 bridgehead atoms. The summed E-state index contributed by atoms with van der Waals surface area (Å²) in [5.41, 5.74) is 0.204. The summed E-state index contributed by atoms with van der Waals surface area (Å²) >= 11 is 5.43. The van der Waals surface area contributed by atoms with Crippen molar-refractivity contribution in [2.45, 2.75) is 6.92 Å². The molecule has 5 nitrogen and oxygen atoms in total. The number of carbonyl (C=O) groups excluding carboxylic acids is 2. The van der Waals surface area contributed by atoms with Crippen molar-refractivity contribution in [3.8, 4) is 5.75 Å². The zero-order valence-electron chi connectivity index (χ0n) is 10.6. The fourth-order valence-corrected chi connectivity index (χ4v) is 1.42. The van der Waals surface area contributed by atoms with Crippen LogP contribution in [-0.4, -0.2) is 37.6 Å². The lowest BCUT2D eigenvalue weighted by Crippen LogP contribution is -2.13. The normalized spacial score (nSPS) is 10.0. The van der Waals surface area contributed by atoms with Crippen LogP contribution in [0.25, 0.3) is 0 Å². The first-order chi connectivity index (χ1) is 9.15. The van der Waals surface area contributed by atoms with Gasteiger partial charge in [-0.2, -0.15) is 0 Å². The Bertz CT molecular complexity index is 433. The molecule has 0 unspecified atom stereocenters. The quantitative estimate of drug-likeness (QED) is 0.332. The second kappa shape index (κ2) is 8.50. The highest BCUT2D eigenvalue weighted by Crippen LogP contribution is 2.19. The number of ether oxygens (including phenoxy) is 3. The Morgan fingerprint density at radius 1 is 1.16 bits per heavy atom. The van der Waals surface area contributed by atoms with Gasteiger partial charge in [0.25, 0.3) is 0 Å². The minimum atomic E-state index is -0.564. The molecule has 0 atom stereocenters. The zero-order valence-corrected chi connectivity index (χ0v) is 11.3. The molecular formula is C13H15ClO5. The second-order valence-corrected chi connectivity index (χ2v) is 3.91. The molecule has 0 aliphatic rings. The lowest BCUT2D eigenvalue weighted by Gasteiger charge is -2.09. The van der Waals surface area contributed by atoms with Crippen LogP contribution in [0, 0.1) is 0 Å². The van der Waals surface area contributed by atoms with Gasteiger partial charge in [0.1, 0.15) is 17.9 Å². The molecule has 0 radical (unpaired) electrons. The van der Waals surface area contributed by atoms with E-state index in [4.69, 9.17) is 25.8 Å². The Kier molecular flexibility index (Phi) is 6.92. The highest BCUT2D eigenvalue weighted by atomic mass is 35.5. The molecule has 0 aliphatic carbocycles. The van der Waals surface area contributed by atoms with Gasteiger partial charge in [0.2, 0.25) is 0 Å². The summed E-state index contributed by atoms with van der Waals surface area (Å²) in [6, 6.07) is 6.38. The van der Waals surface area contributed by atoms with Crippen LogP contribution in [0.1, 0.15) is 17.3 Å². The first kappa shape index (κ1) is 15.5. The first-order valence-corrected chi connectivity index (χ1v) is 6.27. The summed E-state index contributed by atoms with van der Waals surface area (Å²) in [5, 5.41) is 0. The largest absolute Gasteiger partial charge is 0.460 e. The molecule has 0 N–H and O–H groups in total. The molecule has 0 saturated carbocycles. The topological polar surface area (TPSA) is 61.8 Å². The number of hydrogen-bond acceptors (Lipinski definition) is 5. The summed E-state index contributed by atoms with van der Waals surface area (Å²) in [6.07, 6.45) is 0. The molecule has 19 heavy (non-hydrogen) atoms. The maximum absolute atomic E-state index is 11.8. The number of para-hydroxylation sites is 1. The minimum Gasteiger partial charge on any atom is -0.460 e. The minimum absolute atomic E-state index is 0.115. The standard InChI is InChI=1S/C13H15ClO5/c1-10(15)19-12-5-3-2-4-11(12)13(16)18-9-8-17-7-6-14/h2-5H,6-9H2,1H3. The van der Waals surface area contributed by atoms with E-state index in [1.54, 1.807) is 12.1 Å². The molecule has 1 aromatic rings. The number of benzene rings is 1. The Balaban J connectivity index is 2.54. The molecule has 0 aliphatic heterocycles. The van der Waals surface area contributed by atoms with Gasteiger partial charge in [-0.05, 0) is 12.1 Å². The number of rotatable bonds is 7. The maximum atomic E-state index is 11.8. The van der Waals surface area contributed by atoms with Gasteiger partial charge in [0, 0.05) is 12.8 Å². The van der Waals surface area contributed by atoms with E-state index >= 15 is 0 Å². The van der Waals surface area contributed by atoms with Crippen LogP contribution in [0.2, 0.25) is 0 Å². The Labute approximate surface area is 116 Å². The van der Waals surface area contributed by atoms with Crippen molar-refractivity contribution in [3.63, 3.8) is 0 Å². The van der Waals surface area contributed by atoms with Crippen LogP contribution in [0.3, 0.4) is 0 Å². The van der Waals surface area contributed by atoms with Crippen molar-refractivity contribution in [2.24, 2.45) is 0 Å². The van der Waals surface area contributed by atoms with Crippen LogP contribution in [0.15, 0.2) is 24.3 Å². The number of esters is 2. The Morgan fingerprint density at radius 2 is 1.89 bits per heavy atom. The van der Waals surface area contributed by atoms with Gasteiger partial charge in [-0.1, -0.05) is 12.1 Å². The third-order valence-corrected chi connectivity index (χ3v) is 2.20. The van der Waals surface area contributed by atoms with E-state index in [0.717, 1.165) is 0 Å². The average molecular weight is 287 g/mol. The predicted molar refractivity (Wildman–Crippen MR) is 69.6 cm³/mol. The molecule has 0 spiro atoms. The molecule has 0 amide bonds. The zero-order chi connectivity index (χ0) is 14.1.